The van der Waals surface area contributed by atoms with Crippen LogP contribution in [0, 0.1) is 17.8 Å². The average Bonchev–Trinajstić information content (AvgIpc) is 3.45. The van der Waals surface area contributed by atoms with Gasteiger partial charge in [0.15, 0.2) is 17.4 Å². The van der Waals surface area contributed by atoms with E-state index in [1.807, 2.05) is 27.7 Å². The van der Waals surface area contributed by atoms with Crippen molar-refractivity contribution in [3.63, 3.8) is 0 Å². The summed E-state index contributed by atoms with van der Waals surface area (Å²) in [6, 6.07) is 5.27. The smallest absolute Gasteiger partial charge is 0.262 e. The van der Waals surface area contributed by atoms with Crippen molar-refractivity contribution in [2.75, 3.05) is 20.8 Å². The van der Waals surface area contributed by atoms with Crippen LogP contribution in [0.3, 0.4) is 0 Å². The third-order valence-electron chi connectivity index (χ3n) is 9.36. The molecule has 10 heteroatoms. The molecule has 5 rings (SSSR count). The number of benzene rings is 1. The number of aliphatic hydroxyl groups excluding tert-OH is 1. The van der Waals surface area contributed by atoms with E-state index in [1.54, 1.807) is 31.4 Å². The fraction of sp³-hybridized carbons (Fsp3) is 0.588. The van der Waals surface area contributed by atoms with Crippen LogP contribution in [-0.4, -0.2) is 78.5 Å². The summed E-state index contributed by atoms with van der Waals surface area (Å²) in [4.78, 5) is 27.3. The Morgan fingerprint density at radius 1 is 1.05 bits per heavy atom. The van der Waals surface area contributed by atoms with Crippen molar-refractivity contribution in [3.8, 4) is 11.5 Å². The maximum atomic E-state index is 13.1. The summed E-state index contributed by atoms with van der Waals surface area (Å²) in [6.07, 6.45) is 4.56. The van der Waals surface area contributed by atoms with E-state index in [2.05, 4.69) is 26.8 Å². The molecular weight excluding hydrogens is 566 g/mol. The van der Waals surface area contributed by atoms with Gasteiger partial charge in [0.25, 0.3) is 5.91 Å². The molecule has 240 valence electrons. The number of Topliss-reactive ketones (excluding diaryl/α,β-unsaturated/α-hetero) is 1. The molecule has 10 nitrogen and oxygen atoms in total. The molecule has 0 saturated carbocycles. The molecular formula is C34H45NO9. The average molecular weight is 612 g/mol. The maximum absolute atomic E-state index is 13.1. The second kappa shape index (κ2) is 12.0. The van der Waals surface area contributed by atoms with Crippen LogP contribution >= 0.6 is 0 Å². The number of nitrogens with zero attached hydrogens (tertiary/aromatic N) is 1. The van der Waals surface area contributed by atoms with Gasteiger partial charge in [-0.2, -0.15) is 0 Å². The molecule has 0 radical (unpaired) electrons. The molecule has 4 aliphatic heterocycles. The predicted octanol–water partition coefficient (Wildman–Crippen LogP) is 4.87. The first-order chi connectivity index (χ1) is 20.7. The molecule has 8 atom stereocenters. The Kier molecular flexibility index (Phi) is 8.76. The third kappa shape index (κ3) is 5.92. The second-order valence-corrected chi connectivity index (χ2v) is 13.0. The van der Waals surface area contributed by atoms with Crippen LogP contribution in [0.4, 0.5) is 0 Å². The Morgan fingerprint density at radius 3 is 2.43 bits per heavy atom. The van der Waals surface area contributed by atoms with Gasteiger partial charge in [0, 0.05) is 29.4 Å². The Labute approximate surface area is 259 Å². The molecule has 1 amide bonds. The number of rotatable bonds is 8. The number of likely N-dealkylation sites (tertiary alicyclic amines) is 1. The third-order valence-corrected chi connectivity index (χ3v) is 9.36. The van der Waals surface area contributed by atoms with Crippen molar-refractivity contribution in [3.05, 3.63) is 58.9 Å². The quantitative estimate of drug-likeness (QED) is 0.190. The van der Waals surface area contributed by atoms with E-state index in [1.165, 1.54) is 18.1 Å². The number of amides is 1. The number of allylic oxidation sites excluding steroid dienone is 3. The van der Waals surface area contributed by atoms with Crippen molar-refractivity contribution in [2.45, 2.75) is 91.0 Å². The van der Waals surface area contributed by atoms with Crippen LogP contribution in [0.5, 0.6) is 11.5 Å². The molecule has 1 aromatic carbocycles. The SMILES string of the molecule is COc1ccc(CN2CC(=O)/C(=C(O)/C=C/C(C)=C/[C@@H](C)[C@H]3O[C@@]4(C)O[C@@H]([C@@H]3C)[C@@H]3OC(C)(C)O[C@@H]3[C@@H]4C)C2=O)c(OC)c1. The summed E-state index contributed by atoms with van der Waals surface area (Å²) in [5, 5.41) is 10.8. The maximum Gasteiger partial charge on any atom is 0.262 e. The van der Waals surface area contributed by atoms with Gasteiger partial charge in [0.05, 0.1) is 45.6 Å². The van der Waals surface area contributed by atoms with Crippen LogP contribution in [0.1, 0.15) is 54.0 Å². The van der Waals surface area contributed by atoms with Gasteiger partial charge in [-0.3, -0.25) is 9.59 Å². The standard InChI is InChI=1S/C34H45NO9/c1-18(14-19(2)28-20(3)29-31-30(41-33(5,6)42-31)21(4)34(7,43-28)44-29)10-13-24(36)27-25(37)17-35(32(27)38)16-22-11-12-23(39-8)15-26(22)40-9/h10-15,19-21,28-31,36H,16-17H2,1-9H3/b13-10+,18-14+,27-24+/t19-,20-,21+,28-,29+,30-,31+,34+/m1/s1. The summed E-state index contributed by atoms with van der Waals surface area (Å²) < 4.78 is 36.3. The van der Waals surface area contributed by atoms with Crippen molar-refractivity contribution in [1.82, 2.24) is 4.90 Å². The lowest BCUT2D eigenvalue weighted by atomic mass is 9.76. The fourth-order valence-electron chi connectivity index (χ4n) is 6.92. The van der Waals surface area contributed by atoms with Crippen LogP contribution < -0.4 is 9.47 Å². The van der Waals surface area contributed by atoms with E-state index in [4.69, 9.17) is 28.4 Å². The number of aliphatic hydroxyl groups is 1. The molecule has 0 spiro atoms. The molecule has 0 unspecified atom stereocenters. The number of carbonyl (C=O) groups excluding carboxylic acids is 2. The summed E-state index contributed by atoms with van der Waals surface area (Å²) >= 11 is 0. The van der Waals surface area contributed by atoms with Crippen LogP contribution in [0.2, 0.25) is 0 Å². The number of hydrogen-bond donors (Lipinski definition) is 1. The molecule has 4 heterocycles. The first-order valence-corrected chi connectivity index (χ1v) is 15.2. The lowest BCUT2D eigenvalue weighted by Gasteiger charge is -2.56. The molecule has 4 fully saturated rings. The molecule has 0 aromatic heterocycles. The van der Waals surface area contributed by atoms with Crippen LogP contribution in [0.15, 0.2) is 53.3 Å². The monoisotopic (exact) mass is 611 g/mol. The normalized spacial score (nSPS) is 35.2. The van der Waals surface area contributed by atoms with Crippen LogP contribution in [-0.2, 0) is 35.1 Å². The van der Waals surface area contributed by atoms with E-state index in [0.717, 1.165) is 11.1 Å². The minimum atomic E-state index is -0.813. The van der Waals surface area contributed by atoms with Gasteiger partial charge in [-0.05, 0) is 45.9 Å². The van der Waals surface area contributed by atoms with E-state index in [9.17, 15) is 14.7 Å². The zero-order chi connectivity index (χ0) is 32.1. The highest BCUT2D eigenvalue weighted by atomic mass is 16.8. The van der Waals surface area contributed by atoms with Crippen molar-refractivity contribution in [1.29, 1.82) is 0 Å². The summed E-state index contributed by atoms with van der Waals surface area (Å²) in [5.74, 6) is -1.65. The summed E-state index contributed by atoms with van der Waals surface area (Å²) in [6.45, 7) is 14.1. The Morgan fingerprint density at radius 2 is 1.75 bits per heavy atom. The summed E-state index contributed by atoms with van der Waals surface area (Å²) in [7, 11) is 3.09. The number of ether oxygens (including phenoxy) is 6. The van der Waals surface area contributed by atoms with Gasteiger partial charge in [0.2, 0.25) is 0 Å². The van der Waals surface area contributed by atoms with E-state index < -0.39 is 23.3 Å². The van der Waals surface area contributed by atoms with Gasteiger partial charge in [-0.15, -0.1) is 0 Å². The lowest BCUT2D eigenvalue weighted by molar-refractivity contribution is -0.390. The van der Waals surface area contributed by atoms with Gasteiger partial charge in [0.1, 0.15) is 28.9 Å². The largest absolute Gasteiger partial charge is 0.507 e. The highest BCUT2D eigenvalue weighted by Crippen LogP contribution is 2.51. The predicted molar refractivity (Wildman–Crippen MR) is 162 cm³/mol. The first-order valence-electron chi connectivity index (χ1n) is 15.2. The van der Waals surface area contributed by atoms with Gasteiger partial charge >= 0.3 is 0 Å². The Bertz CT molecular complexity index is 1400. The van der Waals surface area contributed by atoms with Gasteiger partial charge in [-0.25, -0.2) is 0 Å². The minimum Gasteiger partial charge on any atom is -0.507 e. The van der Waals surface area contributed by atoms with Crippen molar-refractivity contribution in [2.24, 2.45) is 17.8 Å². The molecule has 44 heavy (non-hydrogen) atoms. The second-order valence-electron chi connectivity index (χ2n) is 13.0. The number of methoxy groups -OCH3 is 2. The molecule has 2 bridgehead atoms. The van der Waals surface area contributed by atoms with Crippen LogP contribution in [0.25, 0.3) is 0 Å². The van der Waals surface area contributed by atoms with Gasteiger partial charge < -0.3 is 38.4 Å². The zero-order valence-electron chi connectivity index (χ0n) is 27.1. The molecule has 4 aliphatic rings. The molecule has 1 N–H and O–H groups in total. The highest BCUT2D eigenvalue weighted by molar-refractivity contribution is 6.25. The number of ketones is 1. The van der Waals surface area contributed by atoms with E-state index in [-0.39, 0.29) is 66.6 Å². The summed E-state index contributed by atoms with van der Waals surface area (Å²) in [5.41, 5.74) is 1.36. The number of fused-ring (bicyclic) bond motifs is 4. The molecule has 1 aromatic rings. The Hall–Kier alpha value is -3.18. The first kappa shape index (κ1) is 32.2. The number of hydrogen-bond acceptors (Lipinski definition) is 9. The Balaban J connectivity index is 1.28. The van der Waals surface area contributed by atoms with E-state index >= 15 is 0 Å². The lowest BCUT2D eigenvalue weighted by Crippen LogP contribution is -2.67. The fourth-order valence-corrected chi connectivity index (χ4v) is 6.92. The number of carbonyl (C=O) groups is 2. The topological polar surface area (TPSA) is 113 Å². The van der Waals surface area contributed by atoms with E-state index in [0.29, 0.717) is 11.5 Å². The van der Waals surface area contributed by atoms with Crippen molar-refractivity contribution < 1.29 is 43.1 Å². The van der Waals surface area contributed by atoms with Gasteiger partial charge in [-0.1, -0.05) is 38.5 Å². The van der Waals surface area contributed by atoms with Crippen molar-refractivity contribution >= 4 is 11.7 Å². The minimum absolute atomic E-state index is 0.000958. The molecule has 0 aliphatic carbocycles. The highest BCUT2D eigenvalue weighted by Gasteiger charge is 2.63. The molecule has 4 saturated heterocycles. The zero-order valence-corrected chi connectivity index (χ0v) is 27.1.